The predicted octanol–water partition coefficient (Wildman–Crippen LogP) is 5.79. The van der Waals surface area contributed by atoms with Crippen LogP contribution in [-0.4, -0.2) is 32.3 Å². The van der Waals surface area contributed by atoms with Gasteiger partial charge in [-0.25, -0.2) is 9.31 Å². The monoisotopic (exact) mass is 491 g/mol. The third-order valence-corrected chi connectivity index (χ3v) is 5.97. The topological polar surface area (TPSA) is 93.7 Å². The first kappa shape index (κ1) is 23.4. The Labute approximate surface area is 202 Å². The highest BCUT2D eigenvalue weighted by Crippen LogP contribution is 2.38. The smallest absolute Gasteiger partial charge is 0.407 e. The minimum Gasteiger partial charge on any atom is -0.467 e. The van der Waals surface area contributed by atoms with Gasteiger partial charge in [-0.1, -0.05) is 17.7 Å². The lowest BCUT2D eigenvalue weighted by atomic mass is 9.83. The van der Waals surface area contributed by atoms with Crippen LogP contribution in [0.4, 0.5) is 10.6 Å². The lowest BCUT2D eigenvalue weighted by Crippen LogP contribution is -2.43. The standard InChI is InChI=1S/C23H27Cl2N5O3/c1-13-17(16-8-7-14(24)10-18(16)27-22(31)33-23(2,3)4)12-30-19(13)20(28-21(25)29-30)26-11-15-6-5-9-32-15/h5-7,9,12,16,18H,8,10-11H2,1-4H3,(H,27,31)(H,26,28,29). The molecule has 0 aliphatic heterocycles. The van der Waals surface area contributed by atoms with Crippen LogP contribution in [0.2, 0.25) is 5.28 Å². The van der Waals surface area contributed by atoms with Gasteiger partial charge in [0.2, 0.25) is 5.28 Å². The zero-order valence-corrected chi connectivity index (χ0v) is 20.5. The van der Waals surface area contributed by atoms with Crippen molar-refractivity contribution in [2.45, 2.75) is 64.6 Å². The van der Waals surface area contributed by atoms with E-state index in [1.165, 1.54) is 0 Å². The summed E-state index contributed by atoms with van der Waals surface area (Å²) in [5.41, 5.74) is 2.27. The molecule has 0 spiro atoms. The summed E-state index contributed by atoms with van der Waals surface area (Å²) >= 11 is 12.5. The Kier molecular flexibility index (Phi) is 6.59. The number of anilines is 1. The van der Waals surface area contributed by atoms with Gasteiger partial charge in [0.1, 0.15) is 16.9 Å². The van der Waals surface area contributed by atoms with E-state index in [2.05, 4.69) is 20.7 Å². The van der Waals surface area contributed by atoms with Gasteiger partial charge in [-0.15, -0.1) is 5.10 Å². The Hall–Kier alpha value is -2.71. The largest absolute Gasteiger partial charge is 0.467 e. The van der Waals surface area contributed by atoms with Crippen LogP contribution in [0.1, 0.15) is 56.4 Å². The molecule has 0 bridgehead atoms. The molecule has 10 heteroatoms. The van der Waals surface area contributed by atoms with E-state index in [-0.39, 0.29) is 17.2 Å². The summed E-state index contributed by atoms with van der Waals surface area (Å²) in [5.74, 6) is 1.37. The van der Waals surface area contributed by atoms with Gasteiger partial charge in [0.05, 0.1) is 12.8 Å². The molecule has 2 atom stereocenters. The molecule has 0 radical (unpaired) electrons. The summed E-state index contributed by atoms with van der Waals surface area (Å²) in [6, 6.07) is 3.49. The number of amides is 1. The van der Waals surface area contributed by atoms with Crippen LogP contribution >= 0.6 is 23.2 Å². The maximum absolute atomic E-state index is 12.5. The molecule has 2 N–H and O–H groups in total. The molecule has 1 amide bonds. The third kappa shape index (κ3) is 5.45. The van der Waals surface area contributed by atoms with Crippen molar-refractivity contribution >= 4 is 40.6 Å². The van der Waals surface area contributed by atoms with Crippen LogP contribution in [0, 0.1) is 6.92 Å². The van der Waals surface area contributed by atoms with Gasteiger partial charge in [-0.05, 0) is 69.0 Å². The van der Waals surface area contributed by atoms with Crippen molar-refractivity contribution in [3.8, 4) is 0 Å². The Morgan fingerprint density at radius 3 is 2.85 bits per heavy atom. The minimum atomic E-state index is -0.588. The highest BCUT2D eigenvalue weighted by Gasteiger charge is 2.32. The molecule has 0 aromatic carbocycles. The molecule has 33 heavy (non-hydrogen) atoms. The van der Waals surface area contributed by atoms with Crippen LogP contribution in [0.3, 0.4) is 0 Å². The number of rotatable bonds is 5. The number of ether oxygens (including phenoxy) is 1. The van der Waals surface area contributed by atoms with Crippen molar-refractivity contribution in [3.63, 3.8) is 0 Å². The van der Waals surface area contributed by atoms with Crippen molar-refractivity contribution in [3.05, 3.63) is 57.9 Å². The number of furan rings is 1. The summed E-state index contributed by atoms with van der Waals surface area (Å²) in [6.45, 7) is 7.98. The van der Waals surface area contributed by atoms with Crippen molar-refractivity contribution in [2.75, 3.05) is 5.32 Å². The average molecular weight is 492 g/mol. The van der Waals surface area contributed by atoms with Gasteiger partial charge >= 0.3 is 6.09 Å². The molecule has 1 aliphatic rings. The van der Waals surface area contributed by atoms with Crippen LogP contribution in [-0.2, 0) is 11.3 Å². The van der Waals surface area contributed by atoms with Gasteiger partial charge in [-0.3, -0.25) is 0 Å². The molecule has 1 aliphatic carbocycles. The number of hydrogen-bond acceptors (Lipinski definition) is 6. The highest BCUT2D eigenvalue weighted by atomic mass is 35.5. The van der Waals surface area contributed by atoms with E-state index in [1.54, 1.807) is 10.8 Å². The van der Waals surface area contributed by atoms with E-state index in [0.717, 1.165) is 27.4 Å². The van der Waals surface area contributed by atoms with Gasteiger partial charge in [0, 0.05) is 29.6 Å². The molecule has 3 aromatic heterocycles. The number of carbonyl (C=O) groups is 1. The zero-order valence-electron chi connectivity index (χ0n) is 19.0. The molecule has 2 unspecified atom stereocenters. The molecule has 0 saturated carbocycles. The minimum absolute atomic E-state index is 0.0154. The average Bonchev–Trinajstić information content (AvgIpc) is 3.33. The quantitative estimate of drug-likeness (QED) is 0.468. The molecular formula is C23H27Cl2N5O3. The number of nitrogens with zero attached hydrogens (tertiary/aromatic N) is 3. The first-order valence-corrected chi connectivity index (χ1v) is 11.5. The van der Waals surface area contributed by atoms with Crippen LogP contribution < -0.4 is 10.6 Å². The molecule has 176 valence electrons. The molecule has 3 aromatic rings. The first-order chi connectivity index (χ1) is 15.6. The van der Waals surface area contributed by atoms with E-state index in [0.29, 0.717) is 25.2 Å². The van der Waals surface area contributed by atoms with E-state index in [1.807, 2.05) is 52.1 Å². The van der Waals surface area contributed by atoms with Crippen molar-refractivity contribution in [1.29, 1.82) is 0 Å². The summed E-state index contributed by atoms with van der Waals surface area (Å²) < 4.78 is 12.6. The van der Waals surface area contributed by atoms with E-state index < -0.39 is 11.7 Å². The second-order valence-corrected chi connectivity index (χ2v) is 9.94. The Morgan fingerprint density at radius 2 is 2.15 bits per heavy atom. The number of hydrogen-bond donors (Lipinski definition) is 2. The number of aryl methyl sites for hydroxylation is 1. The van der Waals surface area contributed by atoms with E-state index in [9.17, 15) is 4.79 Å². The Bertz CT molecular complexity index is 1180. The van der Waals surface area contributed by atoms with Crippen molar-refractivity contribution in [1.82, 2.24) is 19.9 Å². The fourth-order valence-corrected chi connectivity index (χ4v) is 4.53. The number of alkyl carbamates (subject to hydrolysis) is 1. The van der Waals surface area contributed by atoms with Crippen LogP contribution in [0.5, 0.6) is 0 Å². The summed E-state index contributed by atoms with van der Waals surface area (Å²) in [5, 5.41) is 11.5. The number of halogens is 2. The first-order valence-electron chi connectivity index (χ1n) is 10.8. The molecular weight excluding hydrogens is 465 g/mol. The number of aromatic nitrogens is 3. The van der Waals surface area contributed by atoms with Crippen LogP contribution in [0.25, 0.3) is 5.52 Å². The molecule has 0 saturated heterocycles. The SMILES string of the molecule is Cc1c(C2CC=C(Cl)CC2NC(=O)OC(C)(C)C)cn2nc(Cl)nc(NCc3ccco3)c12. The fourth-order valence-electron chi connectivity index (χ4n) is 4.11. The van der Waals surface area contributed by atoms with Gasteiger partial charge in [0.25, 0.3) is 0 Å². The van der Waals surface area contributed by atoms with Gasteiger partial charge < -0.3 is 19.8 Å². The highest BCUT2D eigenvalue weighted by molar-refractivity contribution is 6.29. The normalized spacial score (nSPS) is 18.8. The summed E-state index contributed by atoms with van der Waals surface area (Å²) in [6.07, 6.45) is 6.29. The molecule has 0 fully saturated rings. The maximum Gasteiger partial charge on any atom is 0.407 e. The Balaban J connectivity index is 1.66. The van der Waals surface area contributed by atoms with Crippen LogP contribution in [0.15, 0.2) is 40.1 Å². The predicted molar refractivity (Wildman–Crippen MR) is 128 cm³/mol. The Morgan fingerprint density at radius 1 is 1.36 bits per heavy atom. The zero-order chi connectivity index (χ0) is 23.8. The number of allylic oxidation sites excluding steroid dienone is 1. The maximum atomic E-state index is 12.5. The third-order valence-electron chi connectivity index (χ3n) is 5.50. The van der Waals surface area contributed by atoms with E-state index in [4.69, 9.17) is 32.4 Å². The van der Waals surface area contributed by atoms with Crippen molar-refractivity contribution < 1.29 is 13.9 Å². The van der Waals surface area contributed by atoms with Crippen molar-refractivity contribution in [2.24, 2.45) is 0 Å². The number of carbonyl (C=O) groups excluding carboxylic acids is 1. The molecule has 3 heterocycles. The van der Waals surface area contributed by atoms with Gasteiger partial charge in [-0.2, -0.15) is 4.98 Å². The molecule has 8 nitrogen and oxygen atoms in total. The van der Waals surface area contributed by atoms with E-state index >= 15 is 0 Å². The van der Waals surface area contributed by atoms with Gasteiger partial charge in [0.15, 0.2) is 5.82 Å². The summed E-state index contributed by atoms with van der Waals surface area (Å²) in [4.78, 5) is 16.9. The molecule has 4 rings (SSSR count). The second-order valence-electron chi connectivity index (χ2n) is 9.12. The number of fused-ring (bicyclic) bond motifs is 1. The lowest BCUT2D eigenvalue weighted by Gasteiger charge is -2.31. The number of nitrogens with one attached hydrogen (secondary N) is 2. The lowest BCUT2D eigenvalue weighted by molar-refractivity contribution is 0.0495. The summed E-state index contributed by atoms with van der Waals surface area (Å²) in [7, 11) is 0. The second kappa shape index (κ2) is 9.27. The fraction of sp³-hybridized carbons (Fsp3) is 0.435.